The lowest BCUT2D eigenvalue weighted by molar-refractivity contribution is -0.0389. The molecule has 0 bridgehead atoms. The molecule has 0 aliphatic heterocycles. The largest absolute Gasteiger partial charge is 0.497 e. The number of methoxy groups -OCH3 is 2. The van der Waals surface area contributed by atoms with E-state index in [0.717, 1.165) is 15.9 Å². The molecule has 0 spiro atoms. The Kier molecular flexibility index (Phi) is 6.39. The van der Waals surface area contributed by atoms with Crippen molar-refractivity contribution in [2.75, 3.05) is 27.1 Å². The second kappa shape index (κ2) is 8.64. The minimum absolute atomic E-state index is 0.0374. The third-order valence-electron chi connectivity index (χ3n) is 4.25. The van der Waals surface area contributed by atoms with Crippen LogP contribution in [0.1, 0.15) is 17.8 Å². The summed E-state index contributed by atoms with van der Waals surface area (Å²) in [5.74, 6) is -3.29. The number of benzene rings is 1. The van der Waals surface area contributed by atoms with Crippen LogP contribution in [-0.4, -0.2) is 46.7 Å². The molecule has 1 N–H and O–H groups in total. The number of thioether (sulfide) groups is 1. The summed E-state index contributed by atoms with van der Waals surface area (Å²) in [6.45, 7) is -0.942. The molecule has 0 saturated carbocycles. The third-order valence-corrected chi connectivity index (χ3v) is 6.19. The maximum absolute atomic E-state index is 14.8. The minimum atomic E-state index is -3.49. The Morgan fingerprint density at radius 3 is 2.66 bits per heavy atom. The summed E-state index contributed by atoms with van der Waals surface area (Å²) in [4.78, 5) is 21.5. The zero-order valence-corrected chi connectivity index (χ0v) is 17.6. The highest BCUT2D eigenvalue weighted by molar-refractivity contribution is 8.00. The number of thiazole rings is 1. The summed E-state index contributed by atoms with van der Waals surface area (Å²) in [7, 11) is 2.94. The maximum Gasteiger partial charge on any atom is 0.307 e. The Morgan fingerprint density at radius 2 is 2.03 bits per heavy atom. The molecule has 2 aromatic heterocycles. The van der Waals surface area contributed by atoms with Gasteiger partial charge >= 0.3 is 5.92 Å². The van der Waals surface area contributed by atoms with Crippen molar-refractivity contribution in [2.24, 2.45) is 0 Å². The van der Waals surface area contributed by atoms with Gasteiger partial charge in [-0.05, 0) is 18.4 Å². The molecular formula is C18H19F2N3O4S2. The van der Waals surface area contributed by atoms with Gasteiger partial charge in [-0.15, -0.1) is 0 Å². The molecule has 0 aliphatic carbocycles. The highest BCUT2D eigenvalue weighted by Crippen LogP contribution is 2.33. The highest BCUT2D eigenvalue weighted by atomic mass is 32.2. The van der Waals surface area contributed by atoms with Crippen LogP contribution in [0.15, 0.2) is 27.3 Å². The molecule has 2 heterocycles. The maximum atomic E-state index is 14.8. The van der Waals surface area contributed by atoms with Gasteiger partial charge in [0.05, 0.1) is 20.8 Å². The monoisotopic (exact) mass is 443 g/mol. The number of hydrogen-bond donors (Lipinski definition) is 1. The smallest absolute Gasteiger partial charge is 0.307 e. The molecule has 0 radical (unpaired) electrons. The van der Waals surface area contributed by atoms with E-state index in [1.165, 1.54) is 26.0 Å². The fourth-order valence-corrected chi connectivity index (χ4v) is 4.22. The first kappa shape index (κ1) is 21.5. The van der Waals surface area contributed by atoms with Gasteiger partial charge in [0, 0.05) is 24.7 Å². The minimum Gasteiger partial charge on any atom is -0.497 e. The van der Waals surface area contributed by atoms with Crippen LogP contribution >= 0.6 is 23.1 Å². The van der Waals surface area contributed by atoms with Gasteiger partial charge in [-0.2, -0.15) is 8.78 Å². The van der Waals surface area contributed by atoms with Crippen molar-refractivity contribution in [1.82, 2.24) is 14.5 Å². The first-order valence-corrected chi connectivity index (χ1v) is 10.5. The topological polar surface area (TPSA) is 86.5 Å². The van der Waals surface area contributed by atoms with Crippen LogP contribution in [0, 0.1) is 0 Å². The van der Waals surface area contributed by atoms with Crippen molar-refractivity contribution >= 4 is 33.4 Å². The second-order valence-electron chi connectivity index (χ2n) is 6.02. The number of hydrogen-bond acceptors (Lipinski definition) is 8. The molecule has 3 rings (SSSR count). The number of rotatable bonds is 8. The SMILES string of the molecule is COc1ccc(Cn2c(C(F)(F)CCO)nc3sc(SC)nc3c2=O)c(OC)c1. The molecule has 0 saturated heterocycles. The van der Waals surface area contributed by atoms with Crippen molar-refractivity contribution in [3.8, 4) is 11.5 Å². The number of alkyl halides is 2. The predicted molar refractivity (Wildman–Crippen MR) is 108 cm³/mol. The number of fused-ring (bicyclic) bond motifs is 1. The van der Waals surface area contributed by atoms with E-state index < -0.39 is 30.3 Å². The summed E-state index contributed by atoms with van der Waals surface area (Å²) >= 11 is 2.38. The number of aliphatic hydroxyl groups is 1. The lowest BCUT2D eigenvalue weighted by Crippen LogP contribution is -2.32. The number of aromatic nitrogens is 3. The molecule has 0 atom stereocenters. The van der Waals surface area contributed by atoms with Gasteiger partial charge < -0.3 is 14.6 Å². The van der Waals surface area contributed by atoms with E-state index in [4.69, 9.17) is 14.6 Å². The van der Waals surface area contributed by atoms with Crippen LogP contribution in [0.2, 0.25) is 0 Å². The Hall–Kier alpha value is -2.24. The van der Waals surface area contributed by atoms with Crippen molar-refractivity contribution in [2.45, 2.75) is 23.2 Å². The van der Waals surface area contributed by atoms with Gasteiger partial charge in [0.15, 0.2) is 20.5 Å². The molecule has 1 aromatic carbocycles. The molecule has 11 heteroatoms. The van der Waals surface area contributed by atoms with Crippen LogP contribution in [-0.2, 0) is 12.5 Å². The van der Waals surface area contributed by atoms with E-state index in [1.54, 1.807) is 24.5 Å². The van der Waals surface area contributed by atoms with E-state index in [0.29, 0.717) is 21.4 Å². The fourth-order valence-electron chi connectivity index (χ4n) is 2.81. The Balaban J connectivity index is 2.22. The molecule has 3 aromatic rings. The summed E-state index contributed by atoms with van der Waals surface area (Å²) in [6.07, 6.45) is 0.929. The lowest BCUT2D eigenvalue weighted by atomic mass is 10.1. The standard InChI is InChI=1S/C18H19F2N3O4S2/c1-26-11-5-4-10(12(8-11)27-2)9-23-15(25)13-14(29-17(21-13)28-3)22-16(23)18(19,20)6-7-24/h4-5,8,24H,6-7,9H2,1-3H3. The molecule has 156 valence electrons. The second-order valence-corrected chi connectivity index (χ2v) is 8.05. The molecular weight excluding hydrogens is 424 g/mol. The van der Waals surface area contributed by atoms with Crippen molar-refractivity contribution in [3.05, 3.63) is 39.9 Å². The first-order chi connectivity index (χ1) is 13.8. The van der Waals surface area contributed by atoms with E-state index in [2.05, 4.69) is 9.97 Å². The Labute approximate surface area is 173 Å². The van der Waals surface area contributed by atoms with E-state index >= 15 is 0 Å². The van der Waals surface area contributed by atoms with Crippen LogP contribution in [0.4, 0.5) is 8.78 Å². The van der Waals surface area contributed by atoms with Crippen molar-refractivity contribution in [3.63, 3.8) is 0 Å². The molecule has 0 fully saturated rings. The molecule has 7 nitrogen and oxygen atoms in total. The van der Waals surface area contributed by atoms with Crippen molar-refractivity contribution < 1.29 is 23.4 Å². The Bertz CT molecular complexity index is 1080. The molecule has 29 heavy (non-hydrogen) atoms. The number of halogens is 2. The molecule has 0 aliphatic rings. The predicted octanol–water partition coefficient (Wildman–Crippen LogP) is 3.11. The average Bonchev–Trinajstić information content (AvgIpc) is 3.13. The molecule has 0 amide bonds. The third kappa shape index (κ3) is 4.21. The van der Waals surface area contributed by atoms with Gasteiger partial charge in [-0.25, -0.2) is 9.97 Å². The summed E-state index contributed by atoms with van der Waals surface area (Å²) in [5, 5.41) is 9.07. The Morgan fingerprint density at radius 1 is 1.28 bits per heavy atom. The number of nitrogens with zero attached hydrogens (tertiary/aromatic N) is 3. The summed E-state index contributed by atoms with van der Waals surface area (Å²) < 4.78 is 41.4. The summed E-state index contributed by atoms with van der Waals surface area (Å²) in [6, 6.07) is 4.89. The van der Waals surface area contributed by atoms with E-state index in [-0.39, 0.29) is 16.9 Å². The average molecular weight is 443 g/mol. The van der Waals surface area contributed by atoms with E-state index in [9.17, 15) is 13.6 Å². The quantitative estimate of drug-likeness (QED) is 0.536. The van der Waals surface area contributed by atoms with Crippen LogP contribution in [0.5, 0.6) is 11.5 Å². The number of aliphatic hydroxyl groups excluding tert-OH is 1. The van der Waals surface area contributed by atoms with Crippen LogP contribution in [0.25, 0.3) is 10.3 Å². The van der Waals surface area contributed by atoms with Gasteiger partial charge in [-0.1, -0.05) is 23.1 Å². The number of ether oxygens (including phenoxy) is 2. The van der Waals surface area contributed by atoms with E-state index in [1.807, 2.05) is 0 Å². The van der Waals surface area contributed by atoms with Crippen molar-refractivity contribution in [1.29, 1.82) is 0 Å². The summed E-state index contributed by atoms with van der Waals surface area (Å²) in [5.41, 5.74) is -0.134. The van der Waals surface area contributed by atoms with Gasteiger partial charge in [-0.3, -0.25) is 9.36 Å². The lowest BCUT2D eigenvalue weighted by Gasteiger charge is -2.20. The zero-order valence-electron chi connectivity index (χ0n) is 15.9. The zero-order chi connectivity index (χ0) is 21.2. The van der Waals surface area contributed by atoms with Gasteiger partial charge in [0.1, 0.15) is 11.5 Å². The highest BCUT2D eigenvalue weighted by Gasteiger charge is 2.37. The molecule has 0 unspecified atom stereocenters. The van der Waals surface area contributed by atoms with Crippen LogP contribution < -0.4 is 15.0 Å². The van der Waals surface area contributed by atoms with Crippen LogP contribution in [0.3, 0.4) is 0 Å². The normalized spacial score (nSPS) is 11.8. The first-order valence-electron chi connectivity index (χ1n) is 8.50. The van der Waals surface area contributed by atoms with Gasteiger partial charge in [0.2, 0.25) is 0 Å². The fraction of sp³-hybridized carbons (Fsp3) is 0.389. The van der Waals surface area contributed by atoms with Gasteiger partial charge in [0.25, 0.3) is 5.56 Å².